The van der Waals surface area contributed by atoms with Crippen molar-refractivity contribution in [1.82, 2.24) is 10.2 Å². The lowest BCUT2D eigenvalue weighted by Crippen LogP contribution is -2.37. The van der Waals surface area contributed by atoms with Gasteiger partial charge < -0.3 is 10.2 Å². The summed E-state index contributed by atoms with van der Waals surface area (Å²) < 4.78 is 0. The number of rotatable bonds is 6. The molecule has 1 aromatic carbocycles. The Labute approximate surface area is 148 Å². The number of amides is 2. The first kappa shape index (κ1) is 17.3. The third-order valence-electron chi connectivity index (χ3n) is 5.15. The minimum absolute atomic E-state index is 0.0277. The third-order valence-corrected chi connectivity index (χ3v) is 5.40. The molecule has 1 heterocycles. The Hall–Kier alpha value is -1.55. The number of hydrogen-bond donors (Lipinski definition) is 1. The van der Waals surface area contributed by atoms with Crippen LogP contribution in [0.4, 0.5) is 0 Å². The summed E-state index contributed by atoms with van der Waals surface area (Å²) in [5.74, 6) is 0.0109. The van der Waals surface area contributed by atoms with Gasteiger partial charge in [-0.2, -0.15) is 0 Å². The quantitative estimate of drug-likeness (QED) is 0.803. The molecule has 3 rings (SSSR count). The highest BCUT2D eigenvalue weighted by molar-refractivity contribution is 6.30. The molecule has 2 fully saturated rings. The maximum Gasteiger partial charge on any atom is 0.225 e. The Balaban J connectivity index is 1.39. The van der Waals surface area contributed by atoms with E-state index in [-0.39, 0.29) is 17.7 Å². The molecule has 0 aromatic heterocycles. The number of carbonyl (C=O) groups excluding carboxylic acids is 2. The van der Waals surface area contributed by atoms with Crippen LogP contribution in [0.15, 0.2) is 24.3 Å². The first-order valence-electron chi connectivity index (χ1n) is 8.95. The van der Waals surface area contributed by atoms with Gasteiger partial charge in [0.1, 0.15) is 0 Å². The summed E-state index contributed by atoms with van der Waals surface area (Å²) in [6.45, 7) is 1.25. The summed E-state index contributed by atoms with van der Waals surface area (Å²) in [4.78, 5) is 26.4. The lowest BCUT2D eigenvalue weighted by atomic mass is 10.1. The van der Waals surface area contributed by atoms with Gasteiger partial charge in [0.2, 0.25) is 11.8 Å². The molecule has 4 nitrogen and oxygen atoms in total. The Bertz CT molecular complexity index is 582. The van der Waals surface area contributed by atoms with E-state index in [4.69, 9.17) is 11.6 Å². The summed E-state index contributed by atoms with van der Waals surface area (Å²) in [7, 11) is 0. The second-order valence-electron chi connectivity index (χ2n) is 6.91. The van der Waals surface area contributed by atoms with Gasteiger partial charge in [-0.05, 0) is 43.4 Å². The van der Waals surface area contributed by atoms with Crippen molar-refractivity contribution in [3.8, 4) is 0 Å². The number of nitrogens with zero attached hydrogens (tertiary/aromatic N) is 1. The molecule has 2 amide bonds. The van der Waals surface area contributed by atoms with Gasteiger partial charge in [-0.3, -0.25) is 9.59 Å². The highest BCUT2D eigenvalue weighted by Gasteiger charge is 2.38. The lowest BCUT2D eigenvalue weighted by molar-refractivity contribution is -0.130. The van der Waals surface area contributed by atoms with Gasteiger partial charge in [0.15, 0.2) is 0 Å². The van der Waals surface area contributed by atoms with Gasteiger partial charge in [0.05, 0.1) is 5.92 Å². The maximum atomic E-state index is 12.3. The van der Waals surface area contributed by atoms with Crippen LogP contribution in [-0.2, 0) is 16.0 Å². The second-order valence-corrected chi connectivity index (χ2v) is 7.34. The van der Waals surface area contributed by atoms with E-state index < -0.39 is 0 Å². The highest BCUT2D eigenvalue weighted by atomic mass is 35.5. The van der Waals surface area contributed by atoms with Crippen molar-refractivity contribution >= 4 is 23.4 Å². The minimum atomic E-state index is -0.173. The van der Waals surface area contributed by atoms with Crippen LogP contribution in [-0.4, -0.2) is 35.8 Å². The summed E-state index contributed by atoms with van der Waals surface area (Å²) >= 11 is 5.87. The average molecular weight is 349 g/mol. The Kier molecular flexibility index (Phi) is 5.77. The standard InChI is InChI=1S/C19H25ClN2O2/c20-16-9-7-14(8-10-16)4-3-11-21-19(24)15-12-18(23)22(13-15)17-5-1-2-6-17/h7-10,15,17H,1-6,11-13H2,(H,21,24)/t15-/m1/s1. The number of benzene rings is 1. The smallest absolute Gasteiger partial charge is 0.225 e. The van der Waals surface area contributed by atoms with Crippen molar-refractivity contribution < 1.29 is 9.59 Å². The number of halogens is 1. The first-order chi connectivity index (χ1) is 11.6. The molecule has 1 aliphatic carbocycles. The second kappa shape index (κ2) is 8.02. The number of likely N-dealkylation sites (tertiary alicyclic amines) is 1. The largest absolute Gasteiger partial charge is 0.356 e. The van der Waals surface area contributed by atoms with Gasteiger partial charge in [-0.1, -0.05) is 36.6 Å². The summed E-state index contributed by atoms with van der Waals surface area (Å²) in [6, 6.07) is 8.17. The van der Waals surface area contributed by atoms with E-state index in [1.54, 1.807) is 0 Å². The topological polar surface area (TPSA) is 49.4 Å². The number of aryl methyl sites for hydroxylation is 1. The molecule has 1 aliphatic heterocycles. The fraction of sp³-hybridized carbons (Fsp3) is 0.579. The average Bonchev–Trinajstić information content (AvgIpc) is 3.22. The van der Waals surface area contributed by atoms with Crippen molar-refractivity contribution in [3.05, 3.63) is 34.9 Å². The van der Waals surface area contributed by atoms with E-state index in [9.17, 15) is 9.59 Å². The number of nitrogens with one attached hydrogen (secondary N) is 1. The molecule has 5 heteroatoms. The zero-order chi connectivity index (χ0) is 16.9. The number of hydrogen-bond acceptors (Lipinski definition) is 2. The number of carbonyl (C=O) groups is 2. The van der Waals surface area contributed by atoms with Gasteiger partial charge in [-0.25, -0.2) is 0 Å². The molecule has 0 spiro atoms. The molecule has 1 atom stereocenters. The van der Waals surface area contributed by atoms with E-state index in [0.717, 1.165) is 30.7 Å². The van der Waals surface area contributed by atoms with Gasteiger partial charge >= 0.3 is 0 Å². The maximum absolute atomic E-state index is 12.3. The van der Waals surface area contributed by atoms with E-state index >= 15 is 0 Å². The molecule has 24 heavy (non-hydrogen) atoms. The molecule has 1 saturated carbocycles. The SMILES string of the molecule is O=C(NCCCc1ccc(Cl)cc1)[C@@H]1CC(=O)N(C2CCCC2)C1. The summed E-state index contributed by atoms with van der Waals surface area (Å²) in [5, 5.41) is 3.73. The predicted octanol–water partition coefficient (Wildman–Crippen LogP) is 3.18. The van der Waals surface area contributed by atoms with Crippen LogP contribution in [0.5, 0.6) is 0 Å². The molecule has 0 bridgehead atoms. The molecule has 1 saturated heterocycles. The van der Waals surface area contributed by atoms with E-state index in [1.165, 1.54) is 18.4 Å². The molecule has 2 aliphatic rings. The van der Waals surface area contributed by atoms with Crippen LogP contribution in [0.1, 0.15) is 44.1 Å². The molecule has 0 radical (unpaired) electrons. The van der Waals surface area contributed by atoms with Crippen molar-refractivity contribution in [2.45, 2.75) is 51.0 Å². The normalized spacial score (nSPS) is 21.5. The van der Waals surface area contributed by atoms with Gasteiger partial charge in [-0.15, -0.1) is 0 Å². The van der Waals surface area contributed by atoms with Crippen LogP contribution < -0.4 is 5.32 Å². The lowest BCUT2D eigenvalue weighted by Gasteiger charge is -2.23. The zero-order valence-electron chi connectivity index (χ0n) is 14.0. The monoisotopic (exact) mass is 348 g/mol. The molecule has 1 aromatic rings. The van der Waals surface area contributed by atoms with Crippen LogP contribution >= 0.6 is 11.6 Å². The Morgan fingerprint density at radius 1 is 1.21 bits per heavy atom. The zero-order valence-corrected chi connectivity index (χ0v) is 14.7. The highest BCUT2D eigenvalue weighted by Crippen LogP contribution is 2.29. The molecule has 0 unspecified atom stereocenters. The predicted molar refractivity (Wildman–Crippen MR) is 94.9 cm³/mol. The van der Waals surface area contributed by atoms with Crippen LogP contribution in [0.2, 0.25) is 5.02 Å². The van der Waals surface area contributed by atoms with Crippen molar-refractivity contribution in [3.63, 3.8) is 0 Å². The Morgan fingerprint density at radius 3 is 2.62 bits per heavy atom. The van der Waals surface area contributed by atoms with Crippen LogP contribution in [0.3, 0.4) is 0 Å². The minimum Gasteiger partial charge on any atom is -0.356 e. The molecule has 130 valence electrons. The van der Waals surface area contributed by atoms with E-state index in [2.05, 4.69) is 5.32 Å². The van der Waals surface area contributed by atoms with Crippen LogP contribution in [0, 0.1) is 5.92 Å². The molecular formula is C19H25ClN2O2. The van der Waals surface area contributed by atoms with Gasteiger partial charge in [0, 0.05) is 30.6 Å². The third kappa shape index (κ3) is 4.29. The van der Waals surface area contributed by atoms with Crippen molar-refractivity contribution in [2.75, 3.05) is 13.1 Å². The van der Waals surface area contributed by atoms with Crippen LogP contribution in [0.25, 0.3) is 0 Å². The molecular weight excluding hydrogens is 324 g/mol. The van der Waals surface area contributed by atoms with Gasteiger partial charge in [0.25, 0.3) is 0 Å². The summed E-state index contributed by atoms with van der Waals surface area (Å²) in [5.41, 5.74) is 1.22. The molecule has 1 N–H and O–H groups in total. The fourth-order valence-corrected chi connectivity index (χ4v) is 3.90. The van der Waals surface area contributed by atoms with E-state index in [0.29, 0.717) is 25.6 Å². The first-order valence-corrected chi connectivity index (χ1v) is 9.33. The summed E-state index contributed by atoms with van der Waals surface area (Å²) in [6.07, 6.45) is 6.78. The van der Waals surface area contributed by atoms with Crippen molar-refractivity contribution in [1.29, 1.82) is 0 Å². The fourth-order valence-electron chi connectivity index (χ4n) is 3.78. The Morgan fingerprint density at radius 2 is 1.92 bits per heavy atom. The van der Waals surface area contributed by atoms with E-state index in [1.807, 2.05) is 29.2 Å². The van der Waals surface area contributed by atoms with Crippen molar-refractivity contribution in [2.24, 2.45) is 5.92 Å².